The van der Waals surface area contributed by atoms with Crippen molar-refractivity contribution in [3.05, 3.63) is 46.2 Å². The van der Waals surface area contributed by atoms with E-state index >= 15 is 0 Å². The van der Waals surface area contributed by atoms with Crippen LogP contribution in [0.5, 0.6) is 5.75 Å². The van der Waals surface area contributed by atoms with Gasteiger partial charge in [-0.25, -0.2) is 0 Å². The first-order valence-corrected chi connectivity index (χ1v) is 8.01. The molecule has 6 heteroatoms. The van der Waals surface area contributed by atoms with Gasteiger partial charge in [0, 0.05) is 24.0 Å². The lowest BCUT2D eigenvalue weighted by Crippen LogP contribution is -2.31. The summed E-state index contributed by atoms with van der Waals surface area (Å²) in [6, 6.07) is 7.96. The van der Waals surface area contributed by atoms with Crippen LogP contribution in [0.2, 0.25) is 5.02 Å². The number of nitrogens with zero attached hydrogens (tertiary/aromatic N) is 2. The minimum absolute atomic E-state index is 0.00609. The monoisotopic (exact) mass is 333 g/mol. The number of hydrogen-bond donors (Lipinski definition) is 1. The Bertz CT molecular complexity index is 741. The molecule has 2 aromatic rings. The second kappa shape index (κ2) is 6.24. The van der Waals surface area contributed by atoms with Crippen LogP contribution in [0, 0.1) is 13.8 Å². The summed E-state index contributed by atoms with van der Waals surface area (Å²) in [5, 5.41) is 8.00. The summed E-state index contributed by atoms with van der Waals surface area (Å²) >= 11 is 6.00. The van der Waals surface area contributed by atoms with E-state index in [0.29, 0.717) is 11.7 Å². The van der Waals surface area contributed by atoms with Crippen molar-refractivity contribution in [3.63, 3.8) is 0 Å². The van der Waals surface area contributed by atoms with Gasteiger partial charge in [-0.2, -0.15) is 5.10 Å². The molecule has 122 valence electrons. The number of benzene rings is 1. The van der Waals surface area contributed by atoms with Gasteiger partial charge in [0.15, 0.2) is 12.4 Å². The molecule has 1 amide bonds. The Labute approximate surface area is 140 Å². The number of carbonyl (C=O) groups is 1. The van der Waals surface area contributed by atoms with Gasteiger partial charge >= 0.3 is 0 Å². The van der Waals surface area contributed by atoms with Gasteiger partial charge in [-0.05, 0) is 38.0 Å². The van der Waals surface area contributed by atoms with E-state index in [1.54, 1.807) is 4.68 Å². The SMILES string of the molecule is Cc1nn(C)c(C)c1OCC(=O)N[C@@H]1C[C@@H]1c1cccc(Cl)c1. The number of rotatable bonds is 5. The largest absolute Gasteiger partial charge is 0.480 e. The van der Waals surface area contributed by atoms with Crippen molar-refractivity contribution < 1.29 is 9.53 Å². The summed E-state index contributed by atoms with van der Waals surface area (Å²) < 4.78 is 7.37. The molecule has 2 atom stereocenters. The van der Waals surface area contributed by atoms with Gasteiger partial charge in [-0.1, -0.05) is 23.7 Å². The molecule has 1 aromatic heterocycles. The third-order valence-corrected chi connectivity index (χ3v) is 4.44. The van der Waals surface area contributed by atoms with Crippen molar-refractivity contribution in [2.24, 2.45) is 7.05 Å². The summed E-state index contributed by atoms with van der Waals surface area (Å²) in [5.41, 5.74) is 2.88. The fourth-order valence-electron chi connectivity index (χ4n) is 2.81. The van der Waals surface area contributed by atoms with E-state index in [-0.39, 0.29) is 18.6 Å². The van der Waals surface area contributed by atoms with Crippen LogP contribution in [0.4, 0.5) is 0 Å². The quantitative estimate of drug-likeness (QED) is 0.915. The fourth-order valence-corrected chi connectivity index (χ4v) is 3.01. The number of halogens is 1. The maximum atomic E-state index is 12.1. The van der Waals surface area contributed by atoms with Crippen LogP contribution in [0.1, 0.15) is 29.3 Å². The van der Waals surface area contributed by atoms with Gasteiger partial charge in [-0.15, -0.1) is 0 Å². The molecular formula is C17H20ClN3O2. The molecule has 23 heavy (non-hydrogen) atoms. The highest BCUT2D eigenvalue weighted by Crippen LogP contribution is 2.41. The third-order valence-electron chi connectivity index (χ3n) is 4.20. The molecule has 1 aliphatic rings. The number of ether oxygens (including phenoxy) is 1. The first-order valence-electron chi connectivity index (χ1n) is 7.63. The molecule has 1 fully saturated rings. The second-order valence-electron chi connectivity index (χ2n) is 5.98. The lowest BCUT2D eigenvalue weighted by atomic mass is 10.1. The smallest absolute Gasteiger partial charge is 0.258 e. The van der Waals surface area contributed by atoms with Crippen molar-refractivity contribution in [1.29, 1.82) is 0 Å². The van der Waals surface area contributed by atoms with E-state index in [1.165, 1.54) is 5.56 Å². The molecule has 0 spiro atoms. The molecule has 1 saturated carbocycles. The topological polar surface area (TPSA) is 56.2 Å². The molecular weight excluding hydrogens is 314 g/mol. The number of aryl methyl sites for hydroxylation is 2. The van der Waals surface area contributed by atoms with Crippen LogP contribution in [-0.2, 0) is 11.8 Å². The number of carbonyl (C=O) groups excluding carboxylic acids is 1. The Balaban J connectivity index is 1.51. The first kappa shape index (κ1) is 15.9. The highest BCUT2D eigenvalue weighted by molar-refractivity contribution is 6.30. The maximum absolute atomic E-state index is 12.1. The molecule has 5 nitrogen and oxygen atoms in total. The summed E-state index contributed by atoms with van der Waals surface area (Å²) in [5.74, 6) is 0.923. The van der Waals surface area contributed by atoms with Crippen molar-refractivity contribution >= 4 is 17.5 Å². The van der Waals surface area contributed by atoms with Crippen molar-refractivity contribution in [2.45, 2.75) is 32.2 Å². The molecule has 1 aliphatic carbocycles. The van der Waals surface area contributed by atoms with E-state index in [9.17, 15) is 4.79 Å². The predicted octanol–water partition coefficient (Wildman–Crippen LogP) is 2.74. The van der Waals surface area contributed by atoms with Crippen LogP contribution < -0.4 is 10.1 Å². The maximum Gasteiger partial charge on any atom is 0.258 e. The average molecular weight is 334 g/mol. The predicted molar refractivity (Wildman–Crippen MR) is 88.9 cm³/mol. The van der Waals surface area contributed by atoms with E-state index in [4.69, 9.17) is 16.3 Å². The first-order chi connectivity index (χ1) is 11.0. The summed E-state index contributed by atoms with van der Waals surface area (Å²) in [4.78, 5) is 12.1. The fraction of sp³-hybridized carbons (Fsp3) is 0.412. The zero-order valence-corrected chi connectivity index (χ0v) is 14.2. The van der Waals surface area contributed by atoms with Gasteiger partial charge in [0.25, 0.3) is 5.91 Å². The average Bonchev–Trinajstić information content (AvgIpc) is 3.21. The second-order valence-corrected chi connectivity index (χ2v) is 6.42. The minimum atomic E-state index is -0.109. The molecule has 0 radical (unpaired) electrons. The van der Waals surface area contributed by atoms with Crippen LogP contribution in [0.3, 0.4) is 0 Å². The Morgan fingerprint density at radius 3 is 2.91 bits per heavy atom. The van der Waals surface area contributed by atoms with E-state index in [0.717, 1.165) is 22.8 Å². The van der Waals surface area contributed by atoms with Crippen LogP contribution >= 0.6 is 11.6 Å². The Morgan fingerprint density at radius 2 is 2.26 bits per heavy atom. The standard InChI is InChI=1S/C17H20ClN3O2/c1-10-17(11(2)21(3)20-10)23-9-16(22)19-15-8-14(15)12-5-4-6-13(18)7-12/h4-7,14-15H,8-9H2,1-3H3,(H,19,22)/t14-,15-/m1/s1. The molecule has 0 bridgehead atoms. The zero-order chi connectivity index (χ0) is 16.6. The van der Waals surface area contributed by atoms with Gasteiger partial charge < -0.3 is 10.1 Å². The Kier molecular flexibility index (Phi) is 4.31. The van der Waals surface area contributed by atoms with E-state index < -0.39 is 0 Å². The van der Waals surface area contributed by atoms with E-state index in [1.807, 2.05) is 45.2 Å². The molecule has 0 saturated heterocycles. The molecule has 3 rings (SSSR count). The van der Waals surface area contributed by atoms with Crippen molar-refractivity contribution in [1.82, 2.24) is 15.1 Å². The molecule has 0 unspecified atom stereocenters. The van der Waals surface area contributed by atoms with Gasteiger partial charge in [-0.3, -0.25) is 9.48 Å². The molecule has 1 heterocycles. The third kappa shape index (κ3) is 3.50. The van der Waals surface area contributed by atoms with Crippen LogP contribution in [-0.4, -0.2) is 28.3 Å². The molecule has 0 aliphatic heterocycles. The number of amides is 1. The van der Waals surface area contributed by atoms with Gasteiger partial charge in [0.2, 0.25) is 0 Å². The lowest BCUT2D eigenvalue weighted by Gasteiger charge is -2.08. The summed E-state index contributed by atoms with van der Waals surface area (Å²) in [6.45, 7) is 3.80. The Morgan fingerprint density at radius 1 is 1.48 bits per heavy atom. The van der Waals surface area contributed by atoms with Crippen LogP contribution in [0.15, 0.2) is 24.3 Å². The van der Waals surface area contributed by atoms with Gasteiger partial charge in [0.1, 0.15) is 5.69 Å². The van der Waals surface area contributed by atoms with Crippen molar-refractivity contribution in [3.8, 4) is 5.75 Å². The number of aromatic nitrogens is 2. The van der Waals surface area contributed by atoms with Crippen molar-refractivity contribution in [2.75, 3.05) is 6.61 Å². The normalized spacial score (nSPS) is 19.5. The highest BCUT2D eigenvalue weighted by atomic mass is 35.5. The van der Waals surface area contributed by atoms with Gasteiger partial charge in [0.05, 0.1) is 5.69 Å². The number of hydrogen-bond acceptors (Lipinski definition) is 3. The highest BCUT2D eigenvalue weighted by Gasteiger charge is 2.39. The van der Waals surface area contributed by atoms with E-state index in [2.05, 4.69) is 10.4 Å². The lowest BCUT2D eigenvalue weighted by molar-refractivity contribution is -0.123. The molecule has 1 aromatic carbocycles. The number of nitrogens with one attached hydrogen (secondary N) is 1. The zero-order valence-electron chi connectivity index (χ0n) is 13.5. The summed E-state index contributed by atoms with van der Waals surface area (Å²) in [6.07, 6.45) is 0.941. The van der Waals surface area contributed by atoms with Crippen LogP contribution in [0.25, 0.3) is 0 Å². The summed E-state index contributed by atoms with van der Waals surface area (Å²) in [7, 11) is 1.86. The Hall–Kier alpha value is -2.01. The molecule has 1 N–H and O–H groups in total. The minimum Gasteiger partial charge on any atom is -0.480 e.